The van der Waals surface area contributed by atoms with Gasteiger partial charge in [0.25, 0.3) is 5.56 Å². The first-order chi connectivity index (χ1) is 10.6. The van der Waals surface area contributed by atoms with Crippen molar-refractivity contribution in [2.45, 2.75) is 0 Å². The van der Waals surface area contributed by atoms with E-state index in [1.54, 1.807) is 19.2 Å². The maximum absolute atomic E-state index is 13.4. The van der Waals surface area contributed by atoms with Gasteiger partial charge in [-0.25, -0.2) is 9.37 Å². The fourth-order valence-corrected chi connectivity index (χ4v) is 2.62. The lowest BCUT2D eigenvalue weighted by molar-refractivity contribution is 0.613. The molecule has 0 N–H and O–H groups in total. The first-order valence-electron chi connectivity index (χ1n) is 6.79. The van der Waals surface area contributed by atoms with Gasteiger partial charge in [-0.3, -0.25) is 4.79 Å². The summed E-state index contributed by atoms with van der Waals surface area (Å²) in [7, 11) is 1.70. The van der Waals surface area contributed by atoms with E-state index in [0.717, 1.165) is 10.9 Å². The molecule has 0 aliphatic heterocycles. The van der Waals surface area contributed by atoms with Crippen molar-refractivity contribution in [1.82, 2.24) is 9.55 Å². The van der Waals surface area contributed by atoms with E-state index >= 15 is 0 Å². The molecule has 0 atom stereocenters. The van der Waals surface area contributed by atoms with Crippen LogP contribution in [0.2, 0.25) is 0 Å². The second-order valence-electron chi connectivity index (χ2n) is 5.09. The van der Waals surface area contributed by atoms with E-state index < -0.39 is 0 Å². The first kappa shape index (κ1) is 12.8. The molecule has 0 spiro atoms. The van der Waals surface area contributed by atoms with Crippen molar-refractivity contribution in [1.29, 1.82) is 0 Å². The van der Waals surface area contributed by atoms with Gasteiger partial charge in [0.05, 0.1) is 5.52 Å². The van der Waals surface area contributed by atoms with Crippen LogP contribution in [0.15, 0.2) is 57.7 Å². The second kappa shape index (κ2) is 4.53. The van der Waals surface area contributed by atoms with E-state index in [4.69, 9.17) is 4.42 Å². The maximum atomic E-state index is 13.4. The minimum absolute atomic E-state index is 0.236. The summed E-state index contributed by atoms with van der Waals surface area (Å²) >= 11 is 0. The van der Waals surface area contributed by atoms with Gasteiger partial charge in [-0.2, -0.15) is 0 Å². The van der Waals surface area contributed by atoms with E-state index in [9.17, 15) is 9.18 Å². The van der Waals surface area contributed by atoms with Crippen LogP contribution in [-0.2, 0) is 7.05 Å². The molecule has 0 saturated heterocycles. The van der Waals surface area contributed by atoms with Gasteiger partial charge in [-0.05, 0) is 30.3 Å². The summed E-state index contributed by atoms with van der Waals surface area (Å²) in [5.41, 5.74) is 1.71. The van der Waals surface area contributed by atoms with E-state index in [2.05, 4.69) is 4.98 Å². The van der Waals surface area contributed by atoms with Gasteiger partial charge in [0, 0.05) is 18.0 Å². The van der Waals surface area contributed by atoms with Crippen molar-refractivity contribution >= 4 is 22.0 Å². The molecule has 108 valence electrons. The molecule has 0 bridgehead atoms. The van der Waals surface area contributed by atoms with Crippen molar-refractivity contribution in [2.24, 2.45) is 7.05 Å². The van der Waals surface area contributed by atoms with E-state index in [1.807, 2.05) is 24.3 Å². The lowest BCUT2D eigenvalue weighted by atomic mass is 10.2. The van der Waals surface area contributed by atoms with Gasteiger partial charge in [-0.1, -0.05) is 18.2 Å². The Balaban J connectivity index is 2.12. The lowest BCUT2D eigenvalue weighted by Gasteiger charge is -2.03. The molecular formula is C17H11FN2O2. The molecule has 0 aliphatic carbocycles. The van der Waals surface area contributed by atoms with E-state index in [1.165, 1.54) is 16.7 Å². The third kappa shape index (κ3) is 1.75. The number of rotatable bonds is 1. The van der Waals surface area contributed by atoms with Crippen molar-refractivity contribution < 1.29 is 8.81 Å². The molecule has 2 heterocycles. The Hall–Kier alpha value is -2.95. The van der Waals surface area contributed by atoms with Crippen molar-refractivity contribution in [3.63, 3.8) is 0 Å². The number of nitrogens with zero attached hydrogens (tertiary/aromatic N) is 2. The number of pyridine rings is 1. The van der Waals surface area contributed by atoms with Gasteiger partial charge in [0.2, 0.25) is 5.89 Å². The second-order valence-corrected chi connectivity index (χ2v) is 5.09. The fourth-order valence-electron chi connectivity index (χ4n) is 2.62. The molecule has 0 radical (unpaired) electrons. The van der Waals surface area contributed by atoms with Crippen LogP contribution < -0.4 is 5.56 Å². The molecule has 5 heteroatoms. The number of oxazole rings is 1. The highest BCUT2D eigenvalue weighted by atomic mass is 19.1. The quantitative estimate of drug-likeness (QED) is 0.540. The highest BCUT2D eigenvalue weighted by Gasteiger charge is 2.16. The van der Waals surface area contributed by atoms with Crippen LogP contribution in [0, 0.1) is 5.82 Å². The zero-order chi connectivity index (χ0) is 15.3. The Kier molecular flexibility index (Phi) is 2.63. The molecule has 4 nitrogen and oxygen atoms in total. The van der Waals surface area contributed by atoms with E-state index in [0.29, 0.717) is 11.1 Å². The highest BCUT2D eigenvalue weighted by Crippen LogP contribution is 2.28. The third-order valence-electron chi connectivity index (χ3n) is 3.72. The Bertz CT molecular complexity index is 1080. The molecule has 0 fully saturated rings. The van der Waals surface area contributed by atoms with Crippen molar-refractivity contribution in [2.75, 3.05) is 0 Å². The average Bonchev–Trinajstić information content (AvgIpc) is 2.98. The Morgan fingerprint density at radius 1 is 1.14 bits per heavy atom. The van der Waals surface area contributed by atoms with Crippen LogP contribution in [-0.4, -0.2) is 9.55 Å². The number of fused-ring (bicyclic) bond motifs is 3. The molecule has 4 aromatic rings. The SMILES string of the molecule is Cn1c(=O)c2nc(-c3cccc(F)c3)oc2c2ccccc21. The minimum Gasteiger partial charge on any atom is -0.435 e. The number of aryl methyl sites for hydroxylation is 1. The van der Waals surface area contributed by atoms with Crippen LogP contribution in [0.1, 0.15) is 0 Å². The predicted molar refractivity (Wildman–Crippen MR) is 82.2 cm³/mol. The molecule has 0 unspecified atom stereocenters. The summed E-state index contributed by atoms with van der Waals surface area (Å²) in [4.78, 5) is 16.7. The number of halogens is 1. The van der Waals surface area contributed by atoms with Crippen LogP contribution in [0.3, 0.4) is 0 Å². The third-order valence-corrected chi connectivity index (χ3v) is 3.72. The van der Waals surface area contributed by atoms with E-state index in [-0.39, 0.29) is 22.8 Å². The topological polar surface area (TPSA) is 48.0 Å². The number of benzene rings is 2. The summed E-state index contributed by atoms with van der Waals surface area (Å²) in [5.74, 6) is -0.138. The molecule has 0 aliphatic rings. The Morgan fingerprint density at radius 3 is 2.77 bits per heavy atom. The first-order valence-corrected chi connectivity index (χ1v) is 6.79. The predicted octanol–water partition coefficient (Wildman–Crippen LogP) is 3.49. The Morgan fingerprint density at radius 2 is 1.95 bits per heavy atom. The number of aromatic nitrogens is 2. The standard InChI is InChI=1S/C17H11FN2O2/c1-20-13-8-3-2-7-12(13)15-14(17(20)21)19-16(22-15)10-5-4-6-11(18)9-10/h2-9H,1H3. The van der Waals surface area contributed by atoms with Crippen molar-refractivity contribution in [3.05, 3.63) is 64.7 Å². The molecule has 22 heavy (non-hydrogen) atoms. The highest BCUT2D eigenvalue weighted by molar-refractivity contribution is 6.01. The minimum atomic E-state index is -0.377. The molecule has 0 amide bonds. The van der Waals surface area contributed by atoms with Crippen LogP contribution >= 0.6 is 0 Å². The van der Waals surface area contributed by atoms with Gasteiger partial charge >= 0.3 is 0 Å². The molecule has 4 rings (SSSR count). The Labute approximate surface area is 124 Å². The lowest BCUT2D eigenvalue weighted by Crippen LogP contribution is -2.17. The molecule has 0 saturated carbocycles. The van der Waals surface area contributed by atoms with Gasteiger partial charge in [0.15, 0.2) is 11.1 Å². The van der Waals surface area contributed by atoms with Crippen LogP contribution in [0.4, 0.5) is 4.39 Å². The smallest absolute Gasteiger partial charge is 0.280 e. The number of hydrogen-bond acceptors (Lipinski definition) is 3. The summed E-state index contributed by atoms with van der Waals surface area (Å²) in [6, 6.07) is 13.4. The number of hydrogen-bond donors (Lipinski definition) is 0. The molecule has 2 aromatic heterocycles. The fraction of sp³-hybridized carbons (Fsp3) is 0.0588. The van der Waals surface area contributed by atoms with Gasteiger partial charge < -0.3 is 8.98 Å². The van der Waals surface area contributed by atoms with Gasteiger partial charge in [-0.15, -0.1) is 0 Å². The monoisotopic (exact) mass is 294 g/mol. The maximum Gasteiger partial charge on any atom is 0.280 e. The zero-order valence-corrected chi connectivity index (χ0v) is 11.7. The summed E-state index contributed by atoms with van der Waals surface area (Å²) in [5, 5.41) is 0.801. The normalized spacial score (nSPS) is 11.4. The molecular weight excluding hydrogens is 283 g/mol. The molecule has 2 aromatic carbocycles. The van der Waals surface area contributed by atoms with Crippen molar-refractivity contribution in [3.8, 4) is 11.5 Å². The largest absolute Gasteiger partial charge is 0.435 e. The summed E-state index contributed by atoms with van der Waals surface area (Å²) < 4.78 is 20.7. The van der Waals surface area contributed by atoms with Crippen LogP contribution in [0.5, 0.6) is 0 Å². The number of para-hydroxylation sites is 1. The van der Waals surface area contributed by atoms with Crippen LogP contribution in [0.25, 0.3) is 33.5 Å². The summed E-state index contributed by atoms with van der Waals surface area (Å²) in [6.07, 6.45) is 0. The van der Waals surface area contributed by atoms with Gasteiger partial charge in [0.1, 0.15) is 5.82 Å². The zero-order valence-electron chi connectivity index (χ0n) is 11.7. The average molecular weight is 294 g/mol. The summed E-state index contributed by atoms with van der Waals surface area (Å²) in [6.45, 7) is 0.